The summed E-state index contributed by atoms with van der Waals surface area (Å²) in [5, 5.41) is 3.33. The lowest BCUT2D eigenvalue weighted by atomic mass is 10.1. The largest absolute Gasteiger partial charge is 0.352 e. The molecule has 38 heavy (non-hydrogen) atoms. The second-order valence-electron chi connectivity index (χ2n) is 9.30. The highest BCUT2D eigenvalue weighted by molar-refractivity contribution is 7.92. The predicted octanol–water partition coefficient (Wildman–Crippen LogP) is 5.18. The fourth-order valence-electron chi connectivity index (χ4n) is 3.80. The molecule has 0 radical (unpaired) electrons. The normalized spacial score (nSPS) is 12.9. The molecule has 0 aliphatic carbocycles. The summed E-state index contributed by atoms with van der Waals surface area (Å²) in [6.07, 6.45) is 0.742. The molecule has 0 fully saturated rings. The number of sulfonamides is 1. The van der Waals surface area contributed by atoms with E-state index in [4.69, 9.17) is 11.6 Å². The Labute approximate surface area is 230 Å². The number of halogens is 1. The highest BCUT2D eigenvalue weighted by Crippen LogP contribution is 2.26. The molecular weight excluding hydrogens is 522 g/mol. The third-order valence-corrected chi connectivity index (χ3v) is 8.41. The first kappa shape index (κ1) is 29.2. The molecule has 0 aromatic heterocycles. The minimum Gasteiger partial charge on any atom is -0.352 e. The molecule has 0 saturated heterocycles. The van der Waals surface area contributed by atoms with Gasteiger partial charge in [-0.25, -0.2) is 8.42 Å². The Balaban J connectivity index is 2.00. The lowest BCUT2D eigenvalue weighted by molar-refractivity contribution is -0.139. The summed E-state index contributed by atoms with van der Waals surface area (Å²) < 4.78 is 28.6. The molecule has 202 valence electrons. The van der Waals surface area contributed by atoms with Gasteiger partial charge in [0.1, 0.15) is 12.6 Å². The topological polar surface area (TPSA) is 86.8 Å². The quantitative estimate of drug-likeness (QED) is 0.353. The summed E-state index contributed by atoms with van der Waals surface area (Å²) in [6.45, 7) is 7.07. The van der Waals surface area contributed by atoms with Crippen molar-refractivity contribution in [3.05, 3.63) is 95.0 Å². The molecule has 0 spiro atoms. The van der Waals surface area contributed by atoms with Crippen molar-refractivity contribution in [3.63, 3.8) is 0 Å². The van der Waals surface area contributed by atoms with Gasteiger partial charge in [-0.05, 0) is 69.2 Å². The number of aryl methyl sites for hydroxylation is 1. The summed E-state index contributed by atoms with van der Waals surface area (Å²) >= 11 is 5.98. The van der Waals surface area contributed by atoms with Crippen LogP contribution in [0.2, 0.25) is 5.02 Å². The van der Waals surface area contributed by atoms with Crippen LogP contribution in [0, 0.1) is 6.92 Å². The number of nitrogens with one attached hydrogen (secondary N) is 1. The fraction of sp³-hybridized carbons (Fsp3) is 0.310. The number of carbonyl (C=O) groups is 2. The van der Waals surface area contributed by atoms with Gasteiger partial charge in [0.05, 0.1) is 10.6 Å². The first-order valence-electron chi connectivity index (χ1n) is 12.5. The average Bonchev–Trinajstić information content (AvgIpc) is 2.91. The van der Waals surface area contributed by atoms with E-state index < -0.39 is 28.5 Å². The van der Waals surface area contributed by atoms with E-state index in [1.165, 1.54) is 29.2 Å². The standard InChI is InChI=1S/C29H34ClN3O4S/c1-5-22(3)31-29(35)23(4)32(19-24-9-7-6-8-10-24)28(34)20-33(26-15-11-21(2)12-16-26)38(36,37)27-17-13-25(30)14-18-27/h6-18,22-23H,5,19-20H2,1-4H3,(H,31,35)/t22-,23-/m1/s1. The Morgan fingerprint density at radius 2 is 1.53 bits per heavy atom. The summed E-state index contributed by atoms with van der Waals surface area (Å²) in [5.41, 5.74) is 2.12. The van der Waals surface area contributed by atoms with E-state index in [9.17, 15) is 18.0 Å². The molecular formula is C29H34ClN3O4S. The van der Waals surface area contributed by atoms with Crippen LogP contribution >= 0.6 is 11.6 Å². The Hall–Kier alpha value is -3.36. The van der Waals surface area contributed by atoms with Crippen LogP contribution < -0.4 is 9.62 Å². The van der Waals surface area contributed by atoms with Crippen LogP contribution in [0.4, 0.5) is 5.69 Å². The van der Waals surface area contributed by atoms with Gasteiger partial charge in [0.15, 0.2) is 0 Å². The molecule has 3 aromatic carbocycles. The molecule has 0 unspecified atom stereocenters. The molecule has 0 saturated carbocycles. The molecule has 7 nitrogen and oxygen atoms in total. The van der Waals surface area contributed by atoms with Crippen molar-refractivity contribution in [1.29, 1.82) is 0 Å². The van der Waals surface area contributed by atoms with Gasteiger partial charge in [-0.15, -0.1) is 0 Å². The number of benzene rings is 3. The molecule has 1 N–H and O–H groups in total. The number of anilines is 1. The zero-order valence-electron chi connectivity index (χ0n) is 22.1. The van der Waals surface area contributed by atoms with Crippen molar-refractivity contribution in [2.75, 3.05) is 10.8 Å². The fourth-order valence-corrected chi connectivity index (χ4v) is 5.34. The molecule has 0 bridgehead atoms. The van der Waals surface area contributed by atoms with E-state index in [0.717, 1.165) is 21.9 Å². The van der Waals surface area contributed by atoms with Crippen LogP contribution in [0.3, 0.4) is 0 Å². The van der Waals surface area contributed by atoms with E-state index in [1.54, 1.807) is 31.2 Å². The third-order valence-electron chi connectivity index (χ3n) is 6.37. The van der Waals surface area contributed by atoms with Gasteiger partial charge in [-0.2, -0.15) is 0 Å². The van der Waals surface area contributed by atoms with E-state index in [2.05, 4.69) is 5.32 Å². The van der Waals surface area contributed by atoms with Crippen molar-refractivity contribution in [3.8, 4) is 0 Å². The highest BCUT2D eigenvalue weighted by atomic mass is 35.5. The first-order valence-corrected chi connectivity index (χ1v) is 14.3. The van der Waals surface area contributed by atoms with Crippen molar-refractivity contribution < 1.29 is 18.0 Å². The van der Waals surface area contributed by atoms with Crippen LogP contribution in [0.15, 0.2) is 83.8 Å². The molecule has 9 heteroatoms. The molecule has 0 aliphatic rings. The van der Waals surface area contributed by atoms with Gasteiger partial charge in [-0.1, -0.05) is 66.6 Å². The maximum Gasteiger partial charge on any atom is 0.264 e. The van der Waals surface area contributed by atoms with Crippen molar-refractivity contribution in [1.82, 2.24) is 10.2 Å². The molecule has 0 heterocycles. The Morgan fingerprint density at radius 1 is 0.921 bits per heavy atom. The number of nitrogens with zero attached hydrogens (tertiary/aromatic N) is 2. The maximum absolute atomic E-state index is 13.9. The van der Waals surface area contributed by atoms with Crippen molar-refractivity contribution >= 4 is 39.1 Å². The molecule has 2 amide bonds. The van der Waals surface area contributed by atoms with Gasteiger partial charge in [0.2, 0.25) is 11.8 Å². The van der Waals surface area contributed by atoms with Gasteiger partial charge in [0, 0.05) is 17.6 Å². The minimum absolute atomic E-state index is 0.00689. The number of amides is 2. The number of hydrogen-bond acceptors (Lipinski definition) is 4. The van der Waals surface area contributed by atoms with Crippen LogP contribution in [0.5, 0.6) is 0 Å². The second kappa shape index (κ2) is 12.9. The molecule has 2 atom stereocenters. The Kier molecular flexibility index (Phi) is 9.94. The second-order valence-corrected chi connectivity index (χ2v) is 11.6. The summed E-state index contributed by atoms with van der Waals surface area (Å²) in [4.78, 5) is 28.3. The monoisotopic (exact) mass is 555 g/mol. The van der Waals surface area contributed by atoms with E-state index in [-0.39, 0.29) is 23.4 Å². The molecule has 0 aliphatic heterocycles. The number of hydrogen-bond donors (Lipinski definition) is 1. The Bertz CT molecular complexity index is 1330. The maximum atomic E-state index is 13.9. The van der Waals surface area contributed by atoms with E-state index in [0.29, 0.717) is 10.7 Å². The minimum atomic E-state index is -4.13. The number of carbonyl (C=O) groups excluding carboxylic acids is 2. The summed E-state index contributed by atoms with van der Waals surface area (Å²) in [5.74, 6) is -0.801. The summed E-state index contributed by atoms with van der Waals surface area (Å²) in [7, 11) is -4.13. The van der Waals surface area contributed by atoms with Gasteiger partial charge >= 0.3 is 0 Å². The average molecular weight is 556 g/mol. The van der Waals surface area contributed by atoms with Gasteiger partial charge < -0.3 is 10.2 Å². The highest BCUT2D eigenvalue weighted by Gasteiger charge is 2.32. The van der Waals surface area contributed by atoms with Gasteiger partial charge in [-0.3, -0.25) is 13.9 Å². The van der Waals surface area contributed by atoms with E-state index >= 15 is 0 Å². The van der Waals surface area contributed by atoms with Crippen LogP contribution in [-0.4, -0.2) is 43.8 Å². The van der Waals surface area contributed by atoms with Crippen LogP contribution in [0.1, 0.15) is 38.3 Å². The smallest absolute Gasteiger partial charge is 0.264 e. The molecule has 3 aromatic rings. The zero-order chi connectivity index (χ0) is 27.9. The van der Waals surface area contributed by atoms with Crippen LogP contribution in [0.25, 0.3) is 0 Å². The predicted molar refractivity (Wildman–Crippen MR) is 152 cm³/mol. The van der Waals surface area contributed by atoms with Crippen molar-refractivity contribution in [2.24, 2.45) is 0 Å². The molecule has 3 rings (SSSR count). The number of rotatable bonds is 11. The SMILES string of the molecule is CC[C@@H](C)NC(=O)[C@@H](C)N(Cc1ccccc1)C(=O)CN(c1ccc(C)cc1)S(=O)(=O)c1ccc(Cl)cc1. The van der Waals surface area contributed by atoms with Crippen LogP contribution in [-0.2, 0) is 26.2 Å². The van der Waals surface area contributed by atoms with Crippen molar-refractivity contribution in [2.45, 2.75) is 57.6 Å². The summed E-state index contributed by atoms with van der Waals surface area (Å²) in [6, 6.07) is 21.1. The Morgan fingerprint density at radius 3 is 2.11 bits per heavy atom. The third kappa shape index (κ3) is 7.36. The zero-order valence-corrected chi connectivity index (χ0v) is 23.7. The lowest BCUT2D eigenvalue weighted by Gasteiger charge is -2.32. The van der Waals surface area contributed by atoms with Gasteiger partial charge in [0.25, 0.3) is 10.0 Å². The van der Waals surface area contributed by atoms with E-state index in [1.807, 2.05) is 51.1 Å². The lowest BCUT2D eigenvalue weighted by Crippen LogP contribution is -2.52. The first-order chi connectivity index (χ1) is 18.0.